The number of urea groups is 1. The number of aliphatic hydroxyl groups excluding tert-OH is 1. The van der Waals surface area contributed by atoms with E-state index in [1.165, 1.54) is 12.1 Å². The van der Waals surface area contributed by atoms with Crippen molar-refractivity contribution in [2.75, 3.05) is 16.8 Å². The Balaban J connectivity index is 1.38. The van der Waals surface area contributed by atoms with Crippen molar-refractivity contribution < 1.29 is 23.1 Å². The van der Waals surface area contributed by atoms with Crippen molar-refractivity contribution in [2.24, 2.45) is 0 Å². The number of aliphatic hydroxyl groups is 1. The lowest BCUT2D eigenvalue weighted by atomic mass is 9.88. The van der Waals surface area contributed by atoms with Gasteiger partial charge in [0.25, 0.3) is 0 Å². The van der Waals surface area contributed by atoms with Crippen molar-refractivity contribution in [1.29, 1.82) is 0 Å². The zero-order valence-corrected chi connectivity index (χ0v) is 19.7. The molecule has 2 aliphatic rings. The molecule has 0 saturated heterocycles. The highest BCUT2D eigenvalue weighted by molar-refractivity contribution is 5.91. The number of amides is 2. The zero-order chi connectivity index (χ0) is 25.3. The number of halogens is 3. The second-order valence-electron chi connectivity index (χ2n) is 9.46. The summed E-state index contributed by atoms with van der Waals surface area (Å²) in [5.41, 5.74) is 4.12. The molecule has 0 fully saturated rings. The third-order valence-corrected chi connectivity index (χ3v) is 6.99. The molecule has 1 aliphatic carbocycles. The lowest BCUT2D eigenvalue weighted by Crippen LogP contribution is -2.39. The first kappa shape index (κ1) is 24.2. The summed E-state index contributed by atoms with van der Waals surface area (Å²) in [6, 6.07) is 18.2. The fourth-order valence-corrected chi connectivity index (χ4v) is 5.17. The molecule has 1 aliphatic heterocycles. The second kappa shape index (κ2) is 9.85. The third kappa shape index (κ3) is 5.18. The van der Waals surface area contributed by atoms with Crippen molar-refractivity contribution >= 4 is 17.4 Å². The van der Waals surface area contributed by atoms with Gasteiger partial charge in [-0.25, -0.2) is 4.79 Å². The number of hydrogen-bond donors (Lipinski definition) is 3. The lowest BCUT2D eigenvalue weighted by molar-refractivity contribution is -0.137. The van der Waals surface area contributed by atoms with Gasteiger partial charge in [0, 0.05) is 30.9 Å². The van der Waals surface area contributed by atoms with E-state index in [0.717, 1.165) is 29.2 Å². The molecular formula is C28H28F3N3O2. The first-order valence-electron chi connectivity index (χ1n) is 12.1. The molecule has 0 bridgehead atoms. The Hall–Kier alpha value is -3.52. The molecule has 8 heteroatoms. The van der Waals surface area contributed by atoms with E-state index in [4.69, 9.17) is 0 Å². The molecule has 3 N–H and O–H groups in total. The average Bonchev–Trinajstić information content (AvgIpc) is 2.85. The van der Waals surface area contributed by atoms with Crippen LogP contribution in [-0.4, -0.2) is 23.8 Å². The van der Waals surface area contributed by atoms with Gasteiger partial charge in [0.2, 0.25) is 0 Å². The van der Waals surface area contributed by atoms with Crippen LogP contribution in [0.25, 0.3) is 0 Å². The predicted octanol–water partition coefficient (Wildman–Crippen LogP) is 5.83. The van der Waals surface area contributed by atoms with Crippen molar-refractivity contribution in [3.8, 4) is 0 Å². The van der Waals surface area contributed by atoms with E-state index in [2.05, 4.69) is 10.6 Å². The van der Waals surface area contributed by atoms with Gasteiger partial charge in [0.1, 0.15) is 0 Å². The molecule has 0 spiro atoms. The maximum Gasteiger partial charge on any atom is 0.416 e. The molecule has 0 saturated carbocycles. The highest BCUT2D eigenvalue weighted by Crippen LogP contribution is 2.39. The summed E-state index contributed by atoms with van der Waals surface area (Å²) in [5, 5.41) is 15.9. The summed E-state index contributed by atoms with van der Waals surface area (Å²) in [5.74, 6) is 0. The molecule has 2 atom stereocenters. The summed E-state index contributed by atoms with van der Waals surface area (Å²) in [6.07, 6.45) is -2.41. The van der Waals surface area contributed by atoms with Crippen molar-refractivity contribution in [3.05, 3.63) is 94.5 Å². The van der Waals surface area contributed by atoms with E-state index in [-0.39, 0.29) is 0 Å². The average molecular weight is 496 g/mol. The number of aryl methyl sites for hydroxylation is 1. The fraction of sp³-hybridized carbons (Fsp3) is 0.321. The topological polar surface area (TPSA) is 64.6 Å². The van der Waals surface area contributed by atoms with Gasteiger partial charge in [-0.3, -0.25) is 0 Å². The molecule has 5 rings (SSSR count). The number of carbonyl (C=O) groups is 1. The number of nitrogens with one attached hydrogen (secondary N) is 2. The molecule has 2 amide bonds. The lowest BCUT2D eigenvalue weighted by Gasteiger charge is -2.36. The molecule has 3 aromatic carbocycles. The van der Waals surface area contributed by atoms with Crippen LogP contribution in [-0.2, 0) is 25.6 Å². The smallest absolute Gasteiger partial charge is 0.393 e. The molecule has 36 heavy (non-hydrogen) atoms. The van der Waals surface area contributed by atoms with Crippen LogP contribution in [0.15, 0.2) is 66.7 Å². The number of carbonyl (C=O) groups excluding carboxylic acids is 1. The van der Waals surface area contributed by atoms with Gasteiger partial charge in [0.15, 0.2) is 0 Å². The summed E-state index contributed by atoms with van der Waals surface area (Å²) in [4.78, 5) is 14.9. The Bertz CT molecular complexity index is 1250. The number of anilines is 2. The first-order valence-corrected chi connectivity index (χ1v) is 12.1. The van der Waals surface area contributed by atoms with Gasteiger partial charge < -0.3 is 20.6 Å². The Morgan fingerprint density at radius 1 is 1.03 bits per heavy atom. The number of nitrogens with zero attached hydrogens (tertiary/aromatic N) is 1. The molecular weight excluding hydrogens is 467 g/mol. The number of benzene rings is 3. The van der Waals surface area contributed by atoms with Crippen LogP contribution in [0.1, 0.15) is 46.7 Å². The highest BCUT2D eigenvalue weighted by atomic mass is 19.4. The quantitative estimate of drug-likeness (QED) is 0.427. The molecule has 188 valence electrons. The normalized spacial score (nSPS) is 19.3. The Morgan fingerprint density at radius 2 is 1.83 bits per heavy atom. The number of rotatable bonds is 4. The van der Waals surface area contributed by atoms with Gasteiger partial charge >= 0.3 is 12.2 Å². The van der Waals surface area contributed by atoms with E-state index in [1.807, 2.05) is 53.4 Å². The maximum absolute atomic E-state index is 13.5. The van der Waals surface area contributed by atoms with Crippen LogP contribution < -0.4 is 15.5 Å². The minimum atomic E-state index is -4.46. The highest BCUT2D eigenvalue weighted by Gasteiger charge is 2.34. The largest absolute Gasteiger partial charge is 0.416 e. The SMILES string of the molecule is O=C(Nc1cccc2c1CC(O)CC2)NC1CCN(Cc2ccccc2)c2cc(C(F)(F)F)ccc21. The van der Waals surface area contributed by atoms with Gasteiger partial charge in [-0.2, -0.15) is 13.2 Å². The number of hydrogen-bond acceptors (Lipinski definition) is 3. The Kier molecular flexibility index (Phi) is 6.62. The molecule has 0 radical (unpaired) electrons. The van der Waals surface area contributed by atoms with Gasteiger partial charge in [-0.05, 0) is 59.7 Å². The van der Waals surface area contributed by atoms with Gasteiger partial charge in [0.05, 0.1) is 17.7 Å². The molecule has 2 unspecified atom stereocenters. The van der Waals surface area contributed by atoms with Crippen LogP contribution in [0.2, 0.25) is 0 Å². The maximum atomic E-state index is 13.5. The van der Waals surface area contributed by atoms with E-state index in [0.29, 0.717) is 49.3 Å². The van der Waals surface area contributed by atoms with E-state index in [9.17, 15) is 23.1 Å². The summed E-state index contributed by atoms with van der Waals surface area (Å²) in [6.45, 7) is 0.980. The number of fused-ring (bicyclic) bond motifs is 2. The van der Waals surface area contributed by atoms with E-state index >= 15 is 0 Å². The minimum Gasteiger partial charge on any atom is -0.393 e. The monoisotopic (exact) mass is 495 g/mol. The standard InChI is InChI=1S/C28H28F3N3O2/c29-28(30,31)20-10-12-22-25(13-14-34(26(22)15-20)17-18-5-2-1-3-6-18)33-27(36)32-24-8-4-7-19-9-11-21(35)16-23(19)24/h1-8,10,12,15,21,25,35H,9,11,13-14,16-17H2,(H2,32,33,36). The van der Waals surface area contributed by atoms with Crippen molar-refractivity contribution in [3.63, 3.8) is 0 Å². The van der Waals surface area contributed by atoms with E-state index < -0.39 is 29.9 Å². The van der Waals surface area contributed by atoms with Crippen LogP contribution >= 0.6 is 0 Å². The molecule has 3 aromatic rings. The van der Waals surface area contributed by atoms with Crippen LogP contribution in [0.4, 0.5) is 29.3 Å². The van der Waals surface area contributed by atoms with E-state index in [1.54, 1.807) is 0 Å². The van der Waals surface area contributed by atoms with Crippen LogP contribution in [0, 0.1) is 0 Å². The Morgan fingerprint density at radius 3 is 2.61 bits per heavy atom. The summed E-state index contributed by atoms with van der Waals surface area (Å²) >= 11 is 0. The molecule has 5 nitrogen and oxygen atoms in total. The molecule has 1 heterocycles. The zero-order valence-electron chi connectivity index (χ0n) is 19.7. The predicted molar refractivity (Wildman–Crippen MR) is 133 cm³/mol. The number of alkyl halides is 3. The Labute approximate surface area is 207 Å². The fourth-order valence-electron chi connectivity index (χ4n) is 5.17. The van der Waals surface area contributed by atoms with Gasteiger partial charge in [-0.15, -0.1) is 0 Å². The van der Waals surface area contributed by atoms with Crippen LogP contribution in [0.5, 0.6) is 0 Å². The summed E-state index contributed by atoms with van der Waals surface area (Å²) < 4.78 is 40.5. The van der Waals surface area contributed by atoms with Gasteiger partial charge in [-0.1, -0.05) is 48.5 Å². The van der Waals surface area contributed by atoms with Crippen LogP contribution in [0.3, 0.4) is 0 Å². The minimum absolute atomic E-state index is 0.421. The summed E-state index contributed by atoms with van der Waals surface area (Å²) in [7, 11) is 0. The van der Waals surface area contributed by atoms with Crippen molar-refractivity contribution in [2.45, 2.75) is 50.6 Å². The third-order valence-electron chi connectivity index (χ3n) is 6.99. The molecule has 0 aromatic heterocycles. The first-order chi connectivity index (χ1) is 17.3. The second-order valence-corrected chi connectivity index (χ2v) is 9.46. The van der Waals surface area contributed by atoms with Crippen molar-refractivity contribution in [1.82, 2.24) is 5.32 Å².